The van der Waals surface area contributed by atoms with Gasteiger partial charge in [-0.25, -0.2) is 0 Å². The largest absolute Gasteiger partial charge is 0.508 e. The van der Waals surface area contributed by atoms with Crippen molar-refractivity contribution in [2.75, 3.05) is 0 Å². The molecule has 0 radical (unpaired) electrons. The van der Waals surface area contributed by atoms with E-state index in [0.29, 0.717) is 12.8 Å². The van der Waals surface area contributed by atoms with Gasteiger partial charge in [-0.15, -0.1) is 0 Å². The maximum atomic E-state index is 10.1. The van der Waals surface area contributed by atoms with Gasteiger partial charge in [0.2, 0.25) is 0 Å². The van der Waals surface area contributed by atoms with Crippen molar-refractivity contribution in [3.05, 3.63) is 28.2 Å². The average molecular weight is 229 g/mol. The SMILES string of the molecule is O=CCCc1cc(O)cc(Br)c1. The number of aldehydes is 1. The zero-order valence-corrected chi connectivity index (χ0v) is 8.04. The second kappa shape index (κ2) is 4.26. The van der Waals surface area contributed by atoms with Gasteiger partial charge in [0.15, 0.2) is 0 Å². The van der Waals surface area contributed by atoms with E-state index in [1.54, 1.807) is 12.1 Å². The molecule has 0 aliphatic rings. The molecule has 0 bridgehead atoms. The van der Waals surface area contributed by atoms with E-state index >= 15 is 0 Å². The van der Waals surface area contributed by atoms with Gasteiger partial charge in [-0.3, -0.25) is 0 Å². The fourth-order valence-corrected chi connectivity index (χ4v) is 1.53. The minimum absolute atomic E-state index is 0.227. The predicted octanol–water partition coefficient (Wildman–Crippen LogP) is 2.29. The number of halogens is 1. The van der Waals surface area contributed by atoms with Crippen molar-refractivity contribution in [1.29, 1.82) is 0 Å². The predicted molar refractivity (Wildman–Crippen MR) is 50.2 cm³/mol. The highest BCUT2D eigenvalue weighted by Gasteiger charge is 1.97. The summed E-state index contributed by atoms with van der Waals surface area (Å²) >= 11 is 3.26. The van der Waals surface area contributed by atoms with Gasteiger partial charge in [0.05, 0.1) is 0 Å². The summed E-state index contributed by atoms with van der Waals surface area (Å²) in [6.45, 7) is 0. The number of carbonyl (C=O) groups is 1. The van der Waals surface area contributed by atoms with Crippen molar-refractivity contribution in [3.63, 3.8) is 0 Å². The maximum absolute atomic E-state index is 10.1. The minimum Gasteiger partial charge on any atom is -0.508 e. The first kappa shape index (κ1) is 9.26. The molecular formula is C9H9BrO2. The Balaban J connectivity index is 2.78. The smallest absolute Gasteiger partial charge is 0.120 e. The number of hydrogen-bond donors (Lipinski definition) is 1. The van der Waals surface area contributed by atoms with E-state index in [1.807, 2.05) is 6.07 Å². The van der Waals surface area contributed by atoms with Gasteiger partial charge in [-0.2, -0.15) is 0 Å². The molecule has 0 spiro atoms. The average Bonchev–Trinajstić information content (AvgIpc) is 1.99. The molecule has 0 aromatic heterocycles. The van der Waals surface area contributed by atoms with Crippen LogP contribution < -0.4 is 0 Å². The van der Waals surface area contributed by atoms with Crippen LogP contribution in [0.4, 0.5) is 0 Å². The van der Waals surface area contributed by atoms with Gasteiger partial charge in [0.25, 0.3) is 0 Å². The zero-order chi connectivity index (χ0) is 8.97. The number of aryl methyl sites for hydroxylation is 1. The molecule has 2 nitrogen and oxygen atoms in total. The molecule has 0 aliphatic carbocycles. The van der Waals surface area contributed by atoms with Gasteiger partial charge in [0, 0.05) is 10.9 Å². The number of carbonyl (C=O) groups excluding carboxylic acids is 1. The van der Waals surface area contributed by atoms with Crippen LogP contribution in [0.1, 0.15) is 12.0 Å². The van der Waals surface area contributed by atoms with Crippen molar-refractivity contribution in [2.24, 2.45) is 0 Å². The Morgan fingerprint density at radius 2 is 2.17 bits per heavy atom. The van der Waals surface area contributed by atoms with Gasteiger partial charge in [-0.05, 0) is 30.2 Å². The minimum atomic E-state index is 0.227. The lowest BCUT2D eigenvalue weighted by atomic mass is 10.1. The lowest BCUT2D eigenvalue weighted by molar-refractivity contribution is -0.107. The molecule has 1 aromatic carbocycles. The summed E-state index contributed by atoms with van der Waals surface area (Å²) in [7, 11) is 0. The van der Waals surface area contributed by atoms with Gasteiger partial charge in [-0.1, -0.05) is 15.9 Å². The van der Waals surface area contributed by atoms with E-state index in [9.17, 15) is 9.90 Å². The van der Waals surface area contributed by atoms with E-state index in [1.165, 1.54) is 0 Å². The molecule has 0 unspecified atom stereocenters. The van der Waals surface area contributed by atoms with Crippen molar-refractivity contribution >= 4 is 22.2 Å². The van der Waals surface area contributed by atoms with Crippen LogP contribution in [0.2, 0.25) is 0 Å². The fourth-order valence-electron chi connectivity index (χ4n) is 1.00. The van der Waals surface area contributed by atoms with Crippen LogP contribution in [-0.2, 0) is 11.2 Å². The topological polar surface area (TPSA) is 37.3 Å². The van der Waals surface area contributed by atoms with Gasteiger partial charge in [0.1, 0.15) is 12.0 Å². The second-order valence-electron chi connectivity index (χ2n) is 2.52. The van der Waals surface area contributed by atoms with Crippen LogP contribution in [0.15, 0.2) is 22.7 Å². The van der Waals surface area contributed by atoms with Crippen molar-refractivity contribution in [2.45, 2.75) is 12.8 Å². The molecule has 0 saturated carbocycles. The first-order valence-electron chi connectivity index (χ1n) is 3.64. The Morgan fingerprint density at radius 1 is 1.42 bits per heavy atom. The van der Waals surface area contributed by atoms with Crippen LogP contribution in [0, 0.1) is 0 Å². The normalized spacial score (nSPS) is 9.75. The Hall–Kier alpha value is -0.830. The molecule has 64 valence electrons. The van der Waals surface area contributed by atoms with Gasteiger partial charge < -0.3 is 9.90 Å². The van der Waals surface area contributed by atoms with Crippen molar-refractivity contribution < 1.29 is 9.90 Å². The summed E-state index contributed by atoms with van der Waals surface area (Å²) < 4.78 is 0.836. The maximum Gasteiger partial charge on any atom is 0.120 e. The number of hydrogen-bond acceptors (Lipinski definition) is 2. The van der Waals surface area contributed by atoms with Crippen LogP contribution in [0.5, 0.6) is 5.75 Å². The van der Waals surface area contributed by atoms with Crippen LogP contribution in [-0.4, -0.2) is 11.4 Å². The number of aromatic hydroxyl groups is 1. The Labute approximate surface area is 79.3 Å². The molecule has 1 rings (SSSR count). The molecule has 3 heteroatoms. The van der Waals surface area contributed by atoms with Crippen LogP contribution >= 0.6 is 15.9 Å². The molecule has 0 saturated heterocycles. The number of phenolic OH excluding ortho intramolecular Hbond substituents is 1. The van der Waals surface area contributed by atoms with E-state index in [-0.39, 0.29) is 5.75 Å². The first-order valence-corrected chi connectivity index (χ1v) is 4.44. The summed E-state index contributed by atoms with van der Waals surface area (Å²) in [4.78, 5) is 10.1. The highest BCUT2D eigenvalue weighted by Crippen LogP contribution is 2.20. The van der Waals surface area contributed by atoms with E-state index in [0.717, 1.165) is 16.3 Å². The lowest BCUT2D eigenvalue weighted by Gasteiger charge is -1.99. The molecular weight excluding hydrogens is 220 g/mol. The standard InChI is InChI=1S/C9H9BrO2/c10-8-4-7(2-1-3-11)5-9(12)6-8/h3-6,12H,1-2H2. The molecule has 0 fully saturated rings. The summed E-state index contributed by atoms with van der Waals surface area (Å²) in [6, 6.07) is 5.17. The van der Waals surface area contributed by atoms with Crippen LogP contribution in [0.3, 0.4) is 0 Å². The van der Waals surface area contributed by atoms with Gasteiger partial charge >= 0.3 is 0 Å². The molecule has 0 aliphatic heterocycles. The van der Waals surface area contributed by atoms with Crippen molar-refractivity contribution in [3.8, 4) is 5.75 Å². The van der Waals surface area contributed by atoms with E-state index in [4.69, 9.17) is 0 Å². The quantitative estimate of drug-likeness (QED) is 0.807. The summed E-state index contributed by atoms with van der Waals surface area (Å²) in [5, 5.41) is 9.17. The Morgan fingerprint density at radius 3 is 2.75 bits per heavy atom. The van der Waals surface area contributed by atoms with E-state index < -0.39 is 0 Å². The molecule has 0 amide bonds. The zero-order valence-electron chi connectivity index (χ0n) is 6.46. The van der Waals surface area contributed by atoms with Crippen molar-refractivity contribution in [1.82, 2.24) is 0 Å². The third-order valence-corrected chi connectivity index (χ3v) is 1.95. The first-order chi connectivity index (χ1) is 5.72. The summed E-state index contributed by atoms with van der Waals surface area (Å²) in [5.41, 5.74) is 0.967. The molecule has 1 N–H and O–H groups in total. The highest BCUT2D eigenvalue weighted by molar-refractivity contribution is 9.10. The molecule has 12 heavy (non-hydrogen) atoms. The van der Waals surface area contributed by atoms with E-state index in [2.05, 4.69) is 15.9 Å². The Bertz CT molecular complexity index is 264. The monoisotopic (exact) mass is 228 g/mol. The molecule has 1 aromatic rings. The third kappa shape index (κ3) is 2.66. The Kier molecular flexibility index (Phi) is 3.29. The second-order valence-corrected chi connectivity index (χ2v) is 3.44. The van der Waals surface area contributed by atoms with Crippen LogP contribution in [0.25, 0.3) is 0 Å². The number of benzene rings is 1. The lowest BCUT2D eigenvalue weighted by Crippen LogP contribution is -1.85. The number of phenols is 1. The molecule has 0 heterocycles. The number of rotatable bonds is 3. The fraction of sp³-hybridized carbons (Fsp3) is 0.222. The summed E-state index contributed by atoms with van der Waals surface area (Å²) in [6.07, 6.45) is 2.05. The third-order valence-electron chi connectivity index (χ3n) is 1.49. The summed E-state index contributed by atoms with van der Waals surface area (Å²) in [5.74, 6) is 0.227. The molecule has 0 atom stereocenters. The highest BCUT2D eigenvalue weighted by atomic mass is 79.9.